The van der Waals surface area contributed by atoms with Crippen LogP contribution in [0.15, 0.2) is 42.5 Å². The zero-order valence-electron chi connectivity index (χ0n) is 16.6. The van der Waals surface area contributed by atoms with E-state index in [0.29, 0.717) is 29.5 Å². The van der Waals surface area contributed by atoms with Crippen LogP contribution in [-0.4, -0.2) is 39.6 Å². The highest BCUT2D eigenvalue weighted by Gasteiger charge is 2.34. The van der Waals surface area contributed by atoms with Gasteiger partial charge in [-0.3, -0.25) is 10.1 Å². The van der Waals surface area contributed by atoms with E-state index >= 15 is 0 Å². The summed E-state index contributed by atoms with van der Waals surface area (Å²) in [6.45, 7) is 2.35. The quantitative estimate of drug-likeness (QED) is 0.625. The third kappa shape index (κ3) is 4.69. The molecule has 10 heteroatoms. The van der Waals surface area contributed by atoms with Crippen molar-refractivity contribution in [3.05, 3.63) is 59.7 Å². The molecular formula is C21H19F2N5O2S. The minimum absolute atomic E-state index is 0.113. The molecule has 31 heavy (non-hydrogen) atoms. The Bertz CT molecular complexity index is 1140. The molecule has 160 valence electrons. The van der Waals surface area contributed by atoms with E-state index in [0.717, 1.165) is 23.3 Å². The summed E-state index contributed by atoms with van der Waals surface area (Å²) in [6, 6.07) is 9.63. The molecule has 7 nitrogen and oxygen atoms in total. The fraction of sp³-hybridized carbons (Fsp3) is 0.238. The largest absolute Gasteiger partial charge is 0.322 e. The molecule has 3 amide bonds. The van der Waals surface area contributed by atoms with E-state index < -0.39 is 23.7 Å². The lowest BCUT2D eigenvalue weighted by molar-refractivity contribution is -0.119. The number of amides is 3. The summed E-state index contributed by atoms with van der Waals surface area (Å²) in [5.74, 6) is -2.43. The van der Waals surface area contributed by atoms with Gasteiger partial charge in [0.15, 0.2) is 11.6 Å². The van der Waals surface area contributed by atoms with Gasteiger partial charge in [0.2, 0.25) is 11.0 Å². The number of likely N-dealkylation sites (tertiary alicyclic amines) is 1. The van der Waals surface area contributed by atoms with Gasteiger partial charge in [-0.2, -0.15) is 0 Å². The number of halogens is 2. The first-order valence-electron chi connectivity index (χ1n) is 9.65. The first kappa shape index (κ1) is 20.9. The van der Waals surface area contributed by atoms with Crippen molar-refractivity contribution in [1.82, 2.24) is 15.1 Å². The van der Waals surface area contributed by atoms with E-state index in [1.807, 2.05) is 31.2 Å². The van der Waals surface area contributed by atoms with Crippen LogP contribution < -0.4 is 10.6 Å². The highest BCUT2D eigenvalue weighted by Crippen LogP contribution is 2.28. The average molecular weight is 443 g/mol. The Morgan fingerprint density at radius 1 is 1.10 bits per heavy atom. The zero-order valence-corrected chi connectivity index (χ0v) is 17.4. The smallest absolute Gasteiger partial charge is 0.312 e. The molecule has 1 saturated heterocycles. The fourth-order valence-electron chi connectivity index (χ4n) is 3.41. The van der Waals surface area contributed by atoms with Crippen molar-refractivity contribution in [3.63, 3.8) is 0 Å². The number of hydrogen-bond acceptors (Lipinski definition) is 5. The molecule has 4 rings (SSSR count). The summed E-state index contributed by atoms with van der Waals surface area (Å²) in [4.78, 5) is 26.7. The summed E-state index contributed by atoms with van der Waals surface area (Å²) in [6.07, 6.45) is 1.13. The van der Waals surface area contributed by atoms with E-state index in [1.165, 1.54) is 22.3 Å². The normalized spacial score (nSPS) is 15.7. The Balaban J connectivity index is 1.42. The van der Waals surface area contributed by atoms with Crippen LogP contribution in [0.5, 0.6) is 0 Å². The third-order valence-electron chi connectivity index (χ3n) is 4.91. The Hall–Kier alpha value is -3.40. The molecule has 1 aliphatic rings. The molecular weight excluding hydrogens is 424 g/mol. The lowest BCUT2D eigenvalue weighted by Gasteiger charge is -2.23. The van der Waals surface area contributed by atoms with Crippen LogP contribution in [0, 0.1) is 18.6 Å². The van der Waals surface area contributed by atoms with Crippen LogP contribution in [0.2, 0.25) is 0 Å². The molecule has 0 aliphatic carbocycles. The molecule has 0 bridgehead atoms. The van der Waals surface area contributed by atoms with Gasteiger partial charge in [0, 0.05) is 23.9 Å². The van der Waals surface area contributed by atoms with Crippen molar-refractivity contribution in [2.45, 2.75) is 25.8 Å². The number of aryl methyl sites for hydroxylation is 1. The second-order valence-corrected chi connectivity index (χ2v) is 8.16. The molecule has 1 aromatic heterocycles. The van der Waals surface area contributed by atoms with Crippen molar-refractivity contribution in [1.29, 1.82) is 0 Å². The van der Waals surface area contributed by atoms with Crippen molar-refractivity contribution in [2.24, 2.45) is 0 Å². The highest BCUT2D eigenvalue weighted by atomic mass is 32.1. The Morgan fingerprint density at radius 3 is 2.71 bits per heavy atom. The van der Waals surface area contributed by atoms with Crippen LogP contribution in [0.4, 0.5) is 24.4 Å². The topological polar surface area (TPSA) is 87.2 Å². The van der Waals surface area contributed by atoms with Crippen molar-refractivity contribution in [2.75, 3.05) is 17.2 Å². The van der Waals surface area contributed by atoms with Crippen molar-refractivity contribution in [3.8, 4) is 10.6 Å². The maximum atomic E-state index is 13.4. The molecule has 0 saturated carbocycles. The second-order valence-electron chi connectivity index (χ2n) is 7.18. The number of rotatable bonds is 4. The lowest BCUT2D eigenvalue weighted by atomic mass is 10.1. The summed E-state index contributed by atoms with van der Waals surface area (Å²) in [5, 5.41) is 14.4. The van der Waals surface area contributed by atoms with E-state index in [2.05, 4.69) is 20.8 Å². The number of aromatic nitrogens is 2. The molecule has 1 atom stereocenters. The van der Waals surface area contributed by atoms with Gasteiger partial charge in [-0.15, -0.1) is 10.2 Å². The number of carbonyl (C=O) groups is 2. The number of anilines is 2. The van der Waals surface area contributed by atoms with E-state index in [-0.39, 0.29) is 11.6 Å². The molecule has 2 heterocycles. The monoisotopic (exact) mass is 443 g/mol. The minimum atomic E-state index is -1.06. The van der Waals surface area contributed by atoms with Gasteiger partial charge in [-0.05, 0) is 38.0 Å². The van der Waals surface area contributed by atoms with Gasteiger partial charge >= 0.3 is 6.03 Å². The van der Waals surface area contributed by atoms with Crippen molar-refractivity contribution >= 4 is 34.1 Å². The summed E-state index contributed by atoms with van der Waals surface area (Å²) >= 11 is 1.25. The van der Waals surface area contributed by atoms with Crippen LogP contribution in [0.25, 0.3) is 10.6 Å². The molecule has 1 unspecified atom stereocenters. The SMILES string of the molecule is Cc1cccc(-c2nnc(NC(=O)C3CCCN3C(=O)Nc3ccc(F)c(F)c3)s2)c1. The first-order chi connectivity index (χ1) is 14.9. The fourth-order valence-corrected chi connectivity index (χ4v) is 4.15. The molecule has 1 fully saturated rings. The van der Waals surface area contributed by atoms with E-state index in [1.54, 1.807) is 0 Å². The summed E-state index contributed by atoms with van der Waals surface area (Å²) in [7, 11) is 0. The third-order valence-corrected chi connectivity index (χ3v) is 5.80. The summed E-state index contributed by atoms with van der Waals surface area (Å²) < 4.78 is 26.5. The van der Waals surface area contributed by atoms with E-state index in [4.69, 9.17) is 0 Å². The van der Waals surface area contributed by atoms with Gasteiger partial charge in [0.05, 0.1) is 0 Å². The first-order valence-corrected chi connectivity index (χ1v) is 10.5. The second kappa shape index (κ2) is 8.76. The van der Waals surface area contributed by atoms with Gasteiger partial charge in [0.1, 0.15) is 11.0 Å². The number of urea groups is 1. The maximum Gasteiger partial charge on any atom is 0.322 e. The van der Waals surface area contributed by atoms with Crippen LogP contribution >= 0.6 is 11.3 Å². The highest BCUT2D eigenvalue weighted by molar-refractivity contribution is 7.18. The predicted octanol–water partition coefficient (Wildman–Crippen LogP) is 4.43. The maximum absolute atomic E-state index is 13.4. The molecule has 1 aliphatic heterocycles. The van der Waals surface area contributed by atoms with Crippen molar-refractivity contribution < 1.29 is 18.4 Å². The molecule has 2 N–H and O–H groups in total. The summed E-state index contributed by atoms with van der Waals surface area (Å²) in [5.41, 5.74) is 2.11. The van der Waals surface area contributed by atoms with Crippen LogP contribution in [-0.2, 0) is 4.79 Å². The molecule has 0 radical (unpaired) electrons. The molecule has 2 aromatic carbocycles. The molecule has 0 spiro atoms. The predicted molar refractivity (Wildman–Crippen MR) is 114 cm³/mol. The zero-order chi connectivity index (χ0) is 22.0. The Kier molecular flexibility index (Phi) is 5.90. The van der Waals surface area contributed by atoms with Crippen LogP contribution in [0.1, 0.15) is 18.4 Å². The van der Waals surface area contributed by atoms with E-state index in [9.17, 15) is 18.4 Å². The lowest BCUT2D eigenvalue weighted by Crippen LogP contribution is -2.45. The number of hydrogen-bond donors (Lipinski definition) is 2. The van der Waals surface area contributed by atoms with Crippen LogP contribution in [0.3, 0.4) is 0 Å². The Labute approximate surface area is 181 Å². The number of carbonyl (C=O) groups excluding carboxylic acids is 2. The average Bonchev–Trinajstić information content (AvgIpc) is 3.40. The van der Waals surface area contributed by atoms with Gasteiger partial charge in [0.25, 0.3) is 0 Å². The number of nitrogens with one attached hydrogen (secondary N) is 2. The minimum Gasteiger partial charge on any atom is -0.312 e. The van der Waals surface area contributed by atoms with Gasteiger partial charge < -0.3 is 10.2 Å². The Morgan fingerprint density at radius 2 is 1.94 bits per heavy atom. The molecule has 3 aromatic rings. The van der Waals surface area contributed by atoms with Gasteiger partial charge in [-0.25, -0.2) is 13.6 Å². The van der Waals surface area contributed by atoms with Gasteiger partial charge in [-0.1, -0.05) is 35.1 Å². The standard InChI is InChI=1S/C21H19F2N5O2S/c1-12-4-2-5-13(10-12)19-26-27-20(31-19)25-18(29)17-6-3-9-28(17)21(30)24-14-7-8-15(22)16(23)11-14/h2,4-5,7-8,10-11,17H,3,6,9H2,1H3,(H,24,30)(H,25,27,29). The number of benzene rings is 2. The number of nitrogens with zero attached hydrogens (tertiary/aromatic N) is 3.